The van der Waals surface area contributed by atoms with Crippen LogP contribution in [0.3, 0.4) is 0 Å². The normalized spacial score (nSPS) is 10.9. The molecule has 1 amide bonds. The molecular formula is C17H19Cl2N5O. The quantitative estimate of drug-likeness (QED) is 0.712. The first-order valence-electron chi connectivity index (χ1n) is 7.29. The summed E-state index contributed by atoms with van der Waals surface area (Å²) in [6.45, 7) is 0.383. The van der Waals surface area contributed by atoms with Gasteiger partial charge in [-0.05, 0) is 29.8 Å². The molecule has 1 unspecified atom stereocenters. The lowest BCUT2D eigenvalue weighted by molar-refractivity contribution is 0.0951. The van der Waals surface area contributed by atoms with Gasteiger partial charge in [0, 0.05) is 18.2 Å². The van der Waals surface area contributed by atoms with Crippen molar-refractivity contribution in [2.45, 2.75) is 6.04 Å². The molecule has 0 saturated heterocycles. The van der Waals surface area contributed by atoms with E-state index in [1.807, 2.05) is 42.5 Å². The Morgan fingerprint density at radius 3 is 2.36 bits per heavy atom. The molecule has 0 spiro atoms. The van der Waals surface area contributed by atoms with Gasteiger partial charge in [0.25, 0.3) is 5.91 Å². The smallest absolute Gasteiger partial charge is 0.251 e. The molecule has 1 heterocycles. The molecule has 0 radical (unpaired) electrons. The molecule has 0 aliphatic rings. The van der Waals surface area contributed by atoms with Crippen molar-refractivity contribution in [2.75, 3.05) is 6.54 Å². The average Bonchev–Trinajstić information content (AvgIpc) is 3.15. The Hall–Kier alpha value is -2.41. The minimum atomic E-state index is -0.227. The van der Waals surface area contributed by atoms with Crippen LogP contribution in [-0.4, -0.2) is 27.4 Å². The molecule has 25 heavy (non-hydrogen) atoms. The molecule has 3 N–H and O–H groups in total. The Kier molecular flexibility index (Phi) is 8.07. The lowest BCUT2D eigenvalue weighted by Gasteiger charge is -2.13. The number of amides is 1. The van der Waals surface area contributed by atoms with Crippen molar-refractivity contribution in [2.24, 2.45) is 5.73 Å². The van der Waals surface area contributed by atoms with Crippen LogP contribution in [0.25, 0.3) is 5.69 Å². The van der Waals surface area contributed by atoms with Gasteiger partial charge >= 0.3 is 0 Å². The third-order valence-electron chi connectivity index (χ3n) is 3.53. The SMILES string of the molecule is Cl.Cl.NC(CNC(=O)c1ccc(-n2ccnn2)cc1)c1ccccc1. The molecule has 0 bridgehead atoms. The first-order valence-corrected chi connectivity index (χ1v) is 7.29. The highest BCUT2D eigenvalue weighted by Crippen LogP contribution is 2.10. The summed E-state index contributed by atoms with van der Waals surface area (Å²) in [4.78, 5) is 12.2. The largest absolute Gasteiger partial charge is 0.350 e. The summed E-state index contributed by atoms with van der Waals surface area (Å²) < 4.78 is 1.63. The first-order chi connectivity index (χ1) is 11.2. The van der Waals surface area contributed by atoms with Crippen LogP contribution >= 0.6 is 24.8 Å². The summed E-state index contributed by atoms with van der Waals surface area (Å²) in [7, 11) is 0. The third kappa shape index (κ3) is 5.29. The van der Waals surface area contributed by atoms with Crippen molar-refractivity contribution < 1.29 is 4.79 Å². The number of hydrogen-bond donors (Lipinski definition) is 2. The van der Waals surface area contributed by atoms with Crippen molar-refractivity contribution in [1.29, 1.82) is 0 Å². The number of carbonyl (C=O) groups excluding carboxylic acids is 1. The Morgan fingerprint density at radius 1 is 1.08 bits per heavy atom. The van der Waals surface area contributed by atoms with Crippen molar-refractivity contribution in [3.8, 4) is 5.69 Å². The number of aromatic nitrogens is 3. The standard InChI is InChI=1S/C17H17N5O.2ClH/c18-16(13-4-2-1-3-5-13)12-19-17(23)14-6-8-15(9-7-14)22-11-10-20-21-22;;/h1-11,16H,12,18H2,(H,19,23);2*1H. The summed E-state index contributed by atoms with van der Waals surface area (Å²) in [6.07, 6.45) is 3.35. The van der Waals surface area contributed by atoms with E-state index in [2.05, 4.69) is 15.6 Å². The summed E-state index contributed by atoms with van der Waals surface area (Å²) in [5.41, 5.74) is 8.50. The van der Waals surface area contributed by atoms with Gasteiger partial charge in [-0.15, -0.1) is 29.9 Å². The molecule has 0 aliphatic carbocycles. The van der Waals surface area contributed by atoms with Crippen LogP contribution < -0.4 is 11.1 Å². The second-order valence-electron chi connectivity index (χ2n) is 5.12. The Balaban J connectivity index is 0.00000156. The molecular weight excluding hydrogens is 361 g/mol. The predicted molar refractivity (Wildman–Crippen MR) is 102 cm³/mol. The van der Waals surface area contributed by atoms with Gasteiger partial charge in [-0.25, -0.2) is 4.68 Å². The summed E-state index contributed by atoms with van der Waals surface area (Å²) in [6, 6.07) is 16.6. The monoisotopic (exact) mass is 379 g/mol. The van der Waals surface area contributed by atoms with Crippen molar-refractivity contribution in [3.63, 3.8) is 0 Å². The van der Waals surface area contributed by atoms with Crippen LogP contribution in [-0.2, 0) is 0 Å². The van der Waals surface area contributed by atoms with E-state index in [0.717, 1.165) is 11.3 Å². The maximum Gasteiger partial charge on any atom is 0.251 e. The molecule has 6 nitrogen and oxygen atoms in total. The van der Waals surface area contributed by atoms with E-state index in [0.29, 0.717) is 12.1 Å². The van der Waals surface area contributed by atoms with Crippen molar-refractivity contribution in [1.82, 2.24) is 20.3 Å². The van der Waals surface area contributed by atoms with E-state index in [9.17, 15) is 4.79 Å². The average molecular weight is 380 g/mol. The first kappa shape index (κ1) is 20.6. The van der Waals surface area contributed by atoms with Gasteiger partial charge in [-0.1, -0.05) is 35.5 Å². The zero-order chi connectivity index (χ0) is 16.1. The van der Waals surface area contributed by atoms with Gasteiger partial charge in [-0.3, -0.25) is 4.79 Å². The highest BCUT2D eigenvalue weighted by molar-refractivity contribution is 5.94. The molecule has 8 heteroatoms. The van der Waals surface area contributed by atoms with Crippen LogP contribution in [0.4, 0.5) is 0 Å². The summed E-state index contributed by atoms with van der Waals surface area (Å²) in [5, 5.41) is 10.5. The van der Waals surface area contributed by atoms with Crippen molar-refractivity contribution in [3.05, 3.63) is 78.1 Å². The minimum Gasteiger partial charge on any atom is -0.350 e. The lowest BCUT2D eigenvalue weighted by atomic mass is 10.1. The topological polar surface area (TPSA) is 85.8 Å². The van der Waals surface area contributed by atoms with Crippen LogP contribution in [0.15, 0.2) is 67.0 Å². The van der Waals surface area contributed by atoms with E-state index in [1.165, 1.54) is 0 Å². The van der Waals surface area contributed by atoms with E-state index in [4.69, 9.17) is 5.73 Å². The number of carbonyl (C=O) groups is 1. The second-order valence-corrected chi connectivity index (χ2v) is 5.12. The maximum atomic E-state index is 12.2. The van der Waals surface area contributed by atoms with Crippen LogP contribution in [0, 0.1) is 0 Å². The van der Waals surface area contributed by atoms with Gasteiger partial charge in [-0.2, -0.15) is 0 Å². The molecule has 132 valence electrons. The third-order valence-corrected chi connectivity index (χ3v) is 3.53. The van der Waals surface area contributed by atoms with Crippen LogP contribution in [0.1, 0.15) is 22.0 Å². The summed E-state index contributed by atoms with van der Waals surface area (Å²) in [5.74, 6) is -0.151. The van der Waals surface area contributed by atoms with Gasteiger partial charge < -0.3 is 11.1 Å². The number of nitrogens with one attached hydrogen (secondary N) is 1. The molecule has 0 saturated carbocycles. The van der Waals surface area contributed by atoms with Crippen LogP contribution in [0.5, 0.6) is 0 Å². The Bertz CT molecular complexity index is 764. The molecule has 2 aromatic carbocycles. The van der Waals surface area contributed by atoms with Gasteiger partial charge in [0.05, 0.1) is 18.1 Å². The summed E-state index contributed by atoms with van der Waals surface area (Å²) >= 11 is 0. The number of hydrogen-bond acceptors (Lipinski definition) is 4. The fourth-order valence-corrected chi connectivity index (χ4v) is 2.23. The molecule has 3 aromatic rings. The Labute approximate surface area is 158 Å². The number of nitrogens with two attached hydrogens (primary N) is 1. The zero-order valence-electron chi connectivity index (χ0n) is 13.3. The molecule has 1 atom stereocenters. The molecule has 1 aromatic heterocycles. The van der Waals surface area contributed by atoms with Gasteiger partial charge in [0.2, 0.25) is 0 Å². The predicted octanol–water partition coefficient (Wildman–Crippen LogP) is 2.54. The van der Waals surface area contributed by atoms with E-state index in [-0.39, 0.29) is 36.8 Å². The maximum absolute atomic E-state index is 12.2. The lowest BCUT2D eigenvalue weighted by Crippen LogP contribution is -2.31. The van der Waals surface area contributed by atoms with Gasteiger partial charge in [0.1, 0.15) is 0 Å². The second kappa shape index (κ2) is 9.78. The number of nitrogens with zero attached hydrogens (tertiary/aromatic N) is 3. The van der Waals surface area contributed by atoms with E-state index in [1.54, 1.807) is 29.2 Å². The van der Waals surface area contributed by atoms with Crippen LogP contribution in [0.2, 0.25) is 0 Å². The Morgan fingerprint density at radius 2 is 1.76 bits per heavy atom. The molecule has 3 rings (SSSR count). The molecule has 0 fully saturated rings. The minimum absolute atomic E-state index is 0. The number of rotatable bonds is 5. The molecule has 0 aliphatic heterocycles. The van der Waals surface area contributed by atoms with Gasteiger partial charge in [0.15, 0.2) is 0 Å². The van der Waals surface area contributed by atoms with Crippen molar-refractivity contribution >= 4 is 30.7 Å². The van der Waals surface area contributed by atoms with E-state index >= 15 is 0 Å². The van der Waals surface area contributed by atoms with E-state index < -0.39 is 0 Å². The highest BCUT2D eigenvalue weighted by Gasteiger charge is 2.09. The zero-order valence-corrected chi connectivity index (χ0v) is 14.9. The fourth-order valence-electron chi connectivity index (χ4n) is 2.23. The highest BCUT2D eigenvalue weighted by atomic mass is 35.5. The fraction of sp³-hybridized carbons (Fsp3) is 0.118. The number of halogens is 2. The number of benzene rings is 2.